The summed E-state index contributed by atoms with van der Waals surface area (Å²) in [7, 11) is 2.88. The molecule has 0 aliphatic carbocycles. The molecule has 5 rings (SSSR count). The van der Waals surface area contributed by atoms with Crippen LogP contribution in [0.3, 0.4) is 0 Å². The molecule has 1 unspecified atom stereocenters. The van der Waals surface area contributed by atoms with Crippen LogP contribution in [-0.2, 0) is 22.6 Å². The predicted molar refractivity (Wildman–Crippen MR) is 137 cm³/mol. The maximum atomic E-state index is 13.8. The number of aromatic nitrogens is 1. The summed E-state index contributed by atoms with van der Waals surface area (Å²) < 4.78 is 7.61. The molecule has 1 aromatic heterocycles. The Kier molecular flexibility index (Phi) is 6.43. The molecule has 3 aliphatic heterocycles. The lowest BCUT2D eigenvalue weighted by atomic mass is 9.75. The Hall–Kier alpha value is -3.46. The SMILES string of the molecule is CC(C)Oc1ccc(CC2(CN3CC4C[C@@H](C3)c3cccc(=O)n3C4)C(=O)N(C)C(=O)N(C)C2=O)cc1. The van der Waals surface area contributed by atoms with E-state index in [4.69, 9.17) is 4.74 Å². The van der Waals surface area contributed by atoms with Gasteiger partial charge in [0.25, 0.3) is 5.56 Å². The van der Waals surface area contributed by atoms with E-state index in [-0.39, 0.29) is 36.5 Å². The highest BCUT2D eigenvalue weighted by molar-refractivity contribution is 6.19. The molecule has 2 saturated heterocycles. The van der Waals surface area contributed by atoms with Gasteiger partial charge in [0, 0.05) is 58.0 Å². The minimum Gasteiger partial charge on any atom is -0.491 e. The second-order valence-electron chi connectivity index (χ2n) is 11.0. The van der Waals surface area contributed by atoms with Crippen LogP contribution in [0, 0.1) is 11.3 Å². The van der Waals surface area contributed by atoms with Crippen molar-refractivity contribution in [1.29, 1.82) is 0 Å². The number of carbonyl (C=O) groups is 3. The summed E-state index contributed by atoms with van der Waals surface area (Å²) in [6.45, 7) is 6.07. The molecule has 0 radical (unpaired) electrons. The van der Waals surface area contributed by atoms with Gasteiger partial charge in [-0.3, -0.25) is 24.2 Å². The van der Waals surface area contributed by atoms with E-state index in [0.717, 1.165) is 33.2 Å². The first-order chi connectivity index (χ1) is 17.6. The molecule has 2 bridgehead atoms. The average Bonchev–Trinajstić information content (AvgIpc) is 2.87. The number of pyridine rings is 1. The lowest BCUT2D eigenvalue weighted by Gasteiger charge is -2.48. The number of likely N-dealkylation sites (tertiary alicyclic amines) is 1. The number of imide groups is 2. The number of benzene rings is 1. The van der Waals surface area contributed by atoms with Gasteiger partial charge >= 0.3 is 6.03 Å². The predicted octanol–water partition coefficient (Wildman–Crippen LogP) is 2.33. The zero-order chi connectivity index (χ0) is 26.5. The Labute approximate surface area is 216 Å². The van der Waals surface area contributed by atoms with Gasteiger partial charge in [-0.05, 0) is 56.4 Å². The molecule has 1 aromatic carbocycles. The molecule has 2 atom stereocenters. The van der Waals surface area contributed by atoms with E-state index in [1.54, 1.807) is 12.1 Å². The van der Waals surface area contributed by atoms with E-state index < -0.39 is 23.3 Å². The number of rotatable bonds is 6. The standard InChI is InChI=1S/C28H34N4O5/c1-18(2)37-22-10-8-19(9-11-22)13-28(25(34)29(3)27(36)30(4)26(28)35)17-31-14-20-12-21(16-31)23-6-5-7-24(33)32(23)15-20/h5-11,18,20-21H,12-17H2,1-4H3/t20?,21-/m0/s1. The largest absolute Gasteiger partial charge is 0.491 e. The Morgan fingerprint density at radius 2 is 1.59 bits per heavy atom. The highest BCUT2D eigenvalue weighted by Crippen LogP contribution is 2.39. The van der Waals surface area contributed by atoms with Crippen molar-refractivity contribution < 1.29 is 19.1 Å². The van der Waals surface area contributed by atoms with Crippen LogP contribution in [0.4, 0.5) is 4.79 Å². The van der Waals surface area contributed by atoms with Gasteiger partial charge in [-0.2, -0.15) is 0 Å². The zero-order valence-electron chi connectivity index (χ0n) is 21.8. The van der Waals surface area contributed by atoms with Crippen LogP contribution in [0.25, 0.3) is 0 Å². The maximum Gasteiger partial charge on any atom is 0.332 e. The molecule has 9 heteroatoms. The minimum absolute atomic E-state index is 0.0152. The summed E-state index contributed by atoms with van der Waals surface area (Å²) in [6.07, 6.45) is 1.19. The van der Waals surface area contributed by atoms with Crippen molar-refractivity contribution in [2.75, 3.05) is 33.7 Å². The van der Waals surface area contributed by atoms with Crippen LogP contribution < -0.4 is 10.3 Å². The number of barbiturate groups is 1. The summed E-state index contributed by atoms with van der Waals surface area (Å²) in [6, 6.07) is 12.2. The third-order valence-corrected chi connectivity index (χ3v) is 7.85. The quantitative estimate of drug-likeness (QED) is 0.559. The number of hydrogen-bond acceptors (Lipinski definition) is 6. The summed E-state index contributed by atoms with van der Waals surface area (Å²) >= 11 is 0. The van der Waals surface area contributed by atoms with Crippen molar-refractivity contribution in [3.8, 4) is 5.75 Å². The van der Waals surface area contributed by atoms with Gasteiger partial charge in [0.05, 0.1) is 6.10 Å². The van der Waals surface area contributed by atoms with Crippen molar-refractivity contribution >= 4 is 17.8 Å². The van der Waals surface area contributed by atoms with Crippen molar-refractivity contribution in [3.63, 3.8) is 0 Å². The third-order valence-electron chi connectivity index (χ3n) is 7.85. The Balaban J connectivity index is 1.47. The van der Waals surface area contributed by atoms with Crippen LogP contribution >= 0.6 is 0 Å². The van der Waals surface area contributed by atoms with Crippen LogP contribution in [-0.4, -0.2) is 76.9 Å². The van der Waals surface area contributed by atoms with Gasteiger partial charge in [0.1, 0.15) is 11.2 Å². The van der Waals surface area contributed by atoms with Gasteiger partial charge in [-0.25, -0.2) is 4.79 Å². The van der Waals surface area contributed by atoms with E-state index in [2.05, 4.69) is 4.90 Å². The van der Waals surface area contributed by atoms with Crippen molar-refractivity contribution in [3.05, 3.63) is 64.1 Å². The number of hydrogen-bond donors (Lipinski definition) is 0. The Morgan fingerprint density at radius 3 is 2.24 bits per heavy atom. The van der Waals surface area contributed by atoms with Crippen LogP contribution in [0.1, 0.15) is 37.4 Å². The molecule has 196 valence electrons. The molecule has 9 nitrogen and oxygen atoms in total. The monoisotopic (exact) mass is 506 g/mol. The molecular weight excluding hydrogens is 472 g/mol. The summed E-state index contributed by atoms with van der Waals surface area (Å²) in [5.41, 5.74) is 0.415. The molecule has 37 heavy (non-hydrogen) atoms. The normalized spacial score (nSPS) is 23.4. The second kappa shape index (κ2) is 9.45. The Bertz CT molecular complexity index is 1260. The highest BCUT2D eigenvalue weighted by Gasteiger charge is 2.56. The fourth-order valence-corrected chi connectivity index (χ4v) is 6.29. The summed E-state index contributed by atoms with van der Waals surface area (Å²) in [4.78, 5) is 56.9. The first kappa shape index (κ1) is 25.2. The summed E-state index contributed by atoms with van der Waals surface area (Å²) in [5, 5.41) is 0. The lowest BCUT2D eigenvalue weighted by molar-refractivity contribution is -0.159. The molecule has 0 spiro atoms. The average molecular weight is 507 g/mol. The number of amides is 4. The van der Waals surface area contributed by atoms with E-state index in [1.807, 2.05) is 48.7 Å². The second-order valence-corrected chi connectivity index (χ2v) is 11.0. The number of urea groups is 1. The number of fused-ring (bicyclic) bond motifs is 4. The van der Waals surface area contributed by atoms with Gasteiger partial charge < -0.3 is 14.2 Å². The van der Waals surface area contributed by atoms with Crippen LogP contribution in [0.15, 0.2) is 47.3 Å². The number of piperidine rings is 1. The molecule has 3 aliphatic rings. The first-order valence-electron chi connectivity index (χ1n) is 12.9. The molecule has 2 aromatic rings. The molecule has 0 saturated carbocycles. The van der Waals surface area contributed by atoms with Crippen LogP contribution in [0.5, 0.6) is 5.75 Å². The topological polar surface area (TPSA) is 92.2 Å². The third kappa shape index (κ3) is 4.45. The number of ether oxygens (including phenoxy) is 1. The van der Waals surface area contributed by atoms with E-state index >= 15 is 0 Å². The zero-order valence-corrected chi connectivity index (χ0v) is 21.8. The van der Waals surface area contributed by atoms with Gasteiger partial charge in [-0.15, -0.1) is 0 Å². The van der Waals surface area contributed by atoms with E-state index in [1.165, 1.54) is 14.1 Å². The van der Waals surface area contributed by atoms with Gasteiger partial charge in [-0.1, -0.05) is 18.2 Å². The number of carbonyl (C=O) groups excluding carboxylic acids is 3. The smallest absolute Gasteiger partial charge is 0.332 e. The van der Waals surface area contributed by atoms with E-state index in [0.29, 0.717) is 19.6 Å². The maximum absolute atomic E-state index is 13.8. The molecule has 4 heterocycles. The van der Waals surface area contributed by atoms with Crippen LogP contribution in [0.2, 0.25) is 0 Å². The molecule has 4 amide bonds. The lowest BCUT2D eigenvalue weighted by Crippen LogP contribution is -2.67. The Morgan fingerprint density at radius 1 is 0.919 bits per heavy atom. The fourth-order valence-electron chi connectivity index (χ4n) is 6.29. The van der Waals surface area contributed by atoms with Crippen molar-refractivity contribution in [1.82, 2.24) is 19.3 Å². The van der Waals surface area contributed by atoms with Crippen molar-refractivity contribution in [2.45, 2.75) is 45.3 Å². The molecule has 2 fully saturated rings. The highest BCUT2D eigenvalue weighted by atomic mass is 16.5. The number of nitrogens with zero attached hydrogens (tertiary/aromatic N) is 4. The van der Waals surface area contributed by atoms with E-state index in [9.17, 15) is 19.2 Å². The fraction of sp³-hybridized carbons (Fsp3) is 0.500. The molecular formula is C28H34N4O5. The molecule has 0 N–H and O–H groups in total. The van der Waals surface area contributed by atoms with Gasteiger partial charge in [0.15, 0.2) is 0 Å². The van der Waals surface area contributed by atoms with Gasteiger partial charge in [0.2, 0.25) is 11.8 Å². The minimum atomic E-state index is -1.43. The summed E-state index contributed by atoms with van der Waals surface area (Å²) in [5.74, 6) is 0.167. The first-order valence-corrected chi connectivity index (χ1v) is 12.9. The van der Waals surface area contributed by atoms with Crippen molar-refractivity contribution in [2.24, 2.45) is 11.3 Å².